The second-order valence-corrected chi connectivity index (χ2v) is 3.12. The van der Waals surface area contributed by atoms with Gasteiger partial charge in [-0.15, -0.1) is 11.3 Å². The van der Waals surface area contributed by atoms with Gasteiger partial charge in [-0.3, -0.25) is 0 Å². The molecule has 0 fully saturated rings. The molecule has 1 aromatic rings. The second-order valence-electron chi connectivity index (χ2n) is 2.17. The van der Waals surface area contributed by atoms with Crippen molar-refractivity contribution in [2.75, 3.05) is 0 Å². The van der Waals surface area contributed by atoms with Crippen molar-refractivity contribution in [1.82, 2.24) is 0 Å². The minimum Gasteiger partial charge on any atom is -0.144 e. The Morgan fingerprint density at radius 1 is 1.50 bits per heavy atom. The van der Waals surface area contributed by atoms with Gasteiger partial charge in [0.15, 0.2) is 0 Å². The molecule has 0 amide bonds. The van der Waals surface area contributed by atoms with E-state index in [4.69, 9.17) is 0 Å². The van der Waals surface area contributed by atoms with E-state index in [1.165, 1.54) is 10.5 Å². The SMILES string of the molecule is [C]1=C(c2cccs2)C=CC1. The van der Waals surface area contributed by atoms with Crippen LogP contribution in [-0.2, 0) is 0 Å². The van der Waals surface area contributed by atoms with Crippen LogP contribution < -0.4 is 0 Å². The fourth-order valence-corrected chi connectivity index (χ4v) is 1.73. The van der Waals surface area contributed by atoms with Crippen LogP contribution in [-0.4, -0.2) is 0 Å². The van der Waals surface area contributed by atoms with Gasteiger partial charge in [0, 0.05) is 4.88 Å². The first-order valence-corrected chi connectivity index (χ1v) is 4.16. The topological polar surface area (TPSA) is 0 Å². The molecule has 1 aromatic heterocycles. The van der Waals surface area contributed by atoms with Gasteiger partial charge in [-0.2, -0.15) is 0 Å². The van der Waals surface area contributed by atoms with Gasteiger partial charge in [0.2, 0.25) is 0 Å². The molecule has 0 N–H and O–H groups in total. The van der Waals surface area contributed by atoms with E-state index in [0.29, 0.717) is 0 Å². The maximum absolute atomic E-state index is 3.27. The lowest BCUT2D eigenvalue weighted by molar-refractivity contribution is 1.40. The molecule has 0 saturated heterocycles. The third-order valence-corrected chi connectivity index (χ3v) is 2.38. The van der Waals surface area contributed by atoms with E-state index in [9.17, 15) is 0 Å². The Bertz CT molecular complexity index is 265. The Labute approximate surface area is 64.5 Å². The van der Waals surface area contributed by atoms with Crippen LogP contribution in [0.5, 0.6) is 0 Å². The fraction of sp³-hybridized carbons (Fsp3) is 0.111. The van der Waals surface area contributed by atoms with Crippen molar-refractivity contribution in [1.29, 1.82) is 0 Å². The molecule has 0 nitrogen and oxygen atoms in total. The molecule has 0 saturated carbocycles. The minimum absolute atomic E-state index is 0.979. The summed E-state index contributed by atoms with van der Waals surface area (Å²) < 4.78 is 0. The number of rotatable bonds is 1. The molecule has 1 aliphatic rings. The molecule has 49 valence electrons. The lowest BCUT2D eigenvalue weighted by atomic mass is 10.2. The van der Waals surface area contributed by atoms with Crippen LogP contribution in [0, 0.1) is 6.08 Å². The van der Waals surface area contributed by atoms with Gasteiger partial charge in [0.25, 0.3) is 0 Å². The summed E-state index contributed by atoms with van der Waals surface area (Å²) in [6.07, 6.45) is 8.52. The summed E-state index contributed by atoms with van der Waals surface area (Å²) in [5.74, 6) is 0. The Balaban J connectivity index is 2.36. The summed E-state index contributed by atoms with van der Waals surface area (Å²) in [5, 5.41) is 2.09. The zero-order valence-corrected chi connectivity index (χ0v) is 6.32. The predicted molar refractivity (Wildman–Crippen MR) is 44.7 cm³/mol. The highest BCUT2D eigenvalue weighted by Gasteiger charge is 2.00. The lowest BCUT2D eigenvalue weighted by Crippen LogP contribution is -1.66. The molecule has 1 heteroatoms. The normalized spacial score (nSPS) is 15.8. The van der Waals surface area contributed by atoms with Crippen molar-refractivity contribution in [2.45, 2.75) is 6.42 Å². The first-order valence-electron chi connectivity index (χ1n) is 3.28. The summed E-state index contributed by atoms with van der Waals surface area (Å²) in [5.41, 5.74) is 1.26. The first kappa shape index (κ1) is 5.93. The number of allylic oxidation sites excluding steroid dienone is 4. The molecule has 10 heavy (non-hydrogen) atoms. The molecule has 0 bridgehead atoms. The molecule has 2 rings (SSSR count). The van der Waals surface area contributed by atoms with Crippen LogP contribution in [0.3, 0.4) is 0 Å². The predicted octanol–water partition coefficient (Wildman–Crippen LogP) is 2.89. The van der Waals surface area contributed by atoms with Gasteiger partial charge in [0.1, 0.15) is 0 Å². The molecule has 0 unspecified atom stereocenters. The Hall–Kier alpha value is -0.820. The molecule has 1 heterocycles. The third kappa shape index (κ3) is 0.929. The largest absolute Gasteiger partial charge is 0.144 e. The summed E-state index contributed by atoms with van der Waals surface area (Å²) >= 11 is 1.77. The van der Waals surface area contributed by atoms with E-state index in [1.54, 1.807) is 11.3 Å². The quantitative estimate of drug-likeness (QED) is 0.573. The first-order chi connectivity index (χ1) is 4.97. The monoisotopic (exact) mass is 147 g/mol. The highest BCUT2D eigenvalue weighted by atomic mass is 32.1. The van der Waals surface area contributed by atoms with Gasteiger partial charge in [-0.1, -0.05) is 18.2 Å². The molecule has 1 radical (unpaired) electrons. The van der Waals surface area contributed by atoms with Gasteiger partial charge in [-0.25, -0.2) is 0 Å². The summed E-state index contributed by atoms with van der Waals surface area (Å²) in [4.78, 5) is 1.33. The Kier molecular flexibility index (Phi) is 1.44. The van der Waals surface area contributed by atoms with E-state index in [0.717, 1.165) is 6.42 Å². The van der Waals surface area contributed by atoms with Crippen molar-refractivity contribution >= 4 is 16.9 Å². The molecule has 0 spiro atoms. The Morgan fingerprint density at radius 3 is 3.10 bits per heavy atom. The van der Waals surface area contributed by atoms with Crippen molar-refractivity contribution in [3.63, 3.8) is 0 Å². The summed E-state index contributed by atoms with van der Waals surface area (Å²) in [6, 6.07) is 4.20. The minimum atomic E-state index is 0.979. The van der Waals surface area contributed by atoms with Crippen LogP contribution in [0.2, 0.25) is 0 Å². The van der Waals surface area contributed by atoms with Crippen molar-refractivity contribution in [2.24, 2.45) is 0 Å². The van der Waals surface area contributed by atoms with E-state index in [1.807, 2.05) is 0 Å². The highest BCUT2D eigenvalue weighted by Crippen LogP contribution is 2.24. The second kappa shape index (κ2) is 2.43. The van der Waals surface area contributed by atoms with Gasteiger partial charge >= 0.3 is 0 Å². The van der Waals surface area contributed by atoms with E-state index in [-0.39, 0.29) is 0 Å². The molecular weight excluding hydrogens is 140 g/mol. The molecule has 1 aliphatic carbocycles. The third-order valence-electron chi connectivity index (χ3n) is 1.48. The average Bonchev–Trinajstić information content (AvgIpc) is 2.59. The number of hydrogen-bond acceptors (Lipinski definition) is 1. The van der Waals surface area contributed by atoms with Crippen LogP contribution in [0.25, 0.3) is 5.57 Å². The van der Waals surface area contributed by atoms with Crippen LogP contribution in [0.4, 0.5) is 0 Å². The van der Waals surface area contributed by atoms with Crippen LogP contribution >= 0.6 is 11.3 Å². The van der Waals surface area contributed by atoms with Gasteiger partial charge < -0.3 is 0 Å². The van der Waals surface area contributed by atoms with Crippen LogP contribution in [0.1, 0.15) is 11.3 Å². The van der Waals surface area contributed by atoms with E-state index in [2.05, 4.69) is 35.7 Å². The van der Waals surface area contributed by atoms with Crippen LogP contribution in [0.15, 0.2) is 29.7 Å². The zero-order chi connectivity index (χ0) is 6.81. The molecule has 0 aliphatic heterocycles. The van der Waals surface area contributed by atoms with Gasteiger partial charge in [-0.05, 0) is 29.5 Å². The molecule has 0 atom stereocenters. The smallest absolute Gasteiger partial charge is 0.0345 e. The number of thiophene rings is 1. The lowest BCUT2D eigenvalue weighted by Gasteiger charge is -1.89. The van der Waals surface area contributed by atoms with Crippen molar-refractivity contribution in [3.8, 4) is 0 Å². The standard InChI is InChI=1S/C9H7S/c1-2-5-8(4-1)9-6-3-7-10-9/h1,3-4,6-7H,2H2. The molecular formula is C9H7S. The average molecular weight is 147 g/mol. The summed E-state index contributed by atoms with van der Waals surface area (Å²) in [7, 11) is 0. The van der Waals surface area contributed by atoms with E-state index < -0.39 is 0 Å². The summed E-state index contributed by atoms with van der Waals surface area (Å²) in [6.45, 7) is 0. The van der Waals surface area contributed by atoms with Gasteiger partial charge in [0.05, 0.1) is 0 Å². The highest BCUT2D eigenvalue weighted by molar-refractivity contribution is 7.11. The maximum atomic E-state index is 3.27. The zero-order valence-electron chi connectivity index (χ0n) is 5.50. The fourth-order valence-electron chi connectivity index (χ4n) is 1.01. The Morgan fingerprint density at radius 2 is 2.50 bits per heavy atom. The molecule has 0 aromatic carbocycles. The van der Waals surface area contributed by atoms with Crippen molar-refractivity contribution < 1.29 is 0 Å². The maximum Gasteiger partial charge on any atom is 0.0345 e. The van der Waals surface area contributed by atoms with E-state index >= 15 is 0 Å². The number of hydrogen-bond donors (Lipinski definition) is 0. The van der Waals surface area contributed by atoms with Crippen molar-refractivity contribution in [3.05, 3.63) is 40.6 Å².